The number of aromatic nitrogens is 1. The van der Waals surface area contributed by atoms with Crippen molar-refractivity contribution in [2.24, 2.45) is 10.8 Å². The molecule has 1 aliphatic rings. The second kappa shape index (κ2) is 17.4. The van der Waals surface area contributed by atoms with Crippen LogP contribution >= 0.6 is 0 Å². The van der Waals surface area contributed by atoms with Gasteiger partial charge in [0.15, 0.2) is 0 Å². The van der Waals surface area contributed by atoms with Gasteiger partial charge >= 0.3 is 0 Å². The monoisotopic (exact) mass is 649 g/mol. The van der Waals surface area contributed by atoms with Crippen molar-refractivity contribution >= 4 is 11.3 Å². The van der Waals surface area contributed by atoms with Gasteiger partial charge in [-0.05, 0) is 101 Å². The maximum absolute atomic E-state index is 6.09. The first-order valence-electron chi connectivity index (χ1n) is 17.4. The van der Waals surface area contributed by atoms with Crippen molar-refractivity contribution in [1.29, 1.82) is 0 Å². The number of nitrogens with one attached hydrogen (secondary N) is 2. The van der Waals surface area contributed by atoms with Crippen LogP contribution < -0.4 is 20.1 Å². The van der Waals surface area contributed by atoms with Gasteiger partial charge in [0, 0.05) is 43.1 Å². The Morgan fingerprint density at radius 3 is 2.13 bits per heavy atom. The molecule has 7 heteroatoms. The molecular weight excluding hydrogens is 586 g/mol. The molecular formula is C40H63N3O4. The number of pyridine rings is 1. The largest absolute Gasteiger partial charge is 0.498 e. The first kappa shape index (κ1) is 38.4. The number of rotatable bonds is 19. The number of anilines is 1. The standard InChI is InChI=1S/C40H63N3O4/c1-37(2,3)29-47-35-14-11-13-34(27-35)46-26-23-42-40(9,10)22-21-39(7,8)30-44-24-12-25-45-33-18-15-31(16-19-33)36-20-17-32(28-41-36)43-38(4,5)6/h11,13-15,17-18,20,27-28,42-43H,12,16,19,21-26,29-30H2,1-10H3. The van der Waals surface area contributed by atoms with E-state index in [1.54, 1.807) is 0 Å². The zero-order chi connectivity index (χ0) is 34.6. The van der Waals surface area contributed by atoms with Crippen LogP contribution in [0.15, 0.2) is 60.5 Å². The Morgan fingerprint density at radius 2 is 1.49 bits per heavy atom. The third-order valence-electron chi connectivity index (χ3n) is 7.81. The van der Waals surface area contributed by atoms with E-state index in [1.807, 2.05) is 30.5 Å². The first-order valence-corrected chi connectivity index (χ1v) is 17.4. The summed E-state index contributed by atoms with van der Waals surface area (Å²) in [5.74, 6) is 2.73. The van der Waals surface area contributed by atoms with Crippen molar-refractivity contribution in [2.45, 2.75) is 112 Å². The van der Waals surface area contributed by atoms with E-state index in [0.29, 0.717) is 26.4 Å². The van der Waals surface area contributed by atoms with E-state index in [0.717, 1.165) is 73.9 Å². The Hall–Kier alpha value is -3.03. The van der Waals surface area contributed by atoms with Crippen molar-refractivity contribution in [2.75, 3.05) is 44.9 Å². The molecule has 1 aromatic carbocycles. The molecule has 47 heavy (non-hydrogen) atoms. The smallest absolute Gasteiger partial charge is 0.123 e. The van der Waals surface area contributed by atoms with Gasteiger partial charge < -0.3 is 29.6 Å². The van der Waals surface area contributed by atoms with Gasteiger partial charge in [-0.25, -0.2) is 0 Å². The summed E-state index contributed by atoms with van der Waals surface area (Å²) < 4.78 is 24.1. The van der Waals surface area contributed by atoms with E-state index in [2.05, 4.69) is 109 Å². The van der Waals surface area contributed by atoms with Gasteiger partial charge in [-0.15, -0.1) is 0 Å². The first-order chi connectivity index (χ1) is 22.0. The fraction of sp³-hybridized carbons (Fsp3) is 0.625. The van der Waals surface area contributed by atoms with Crippen molar-refractivity contribution < 1.29 is 18.9 Å². The van der Waals surface area contributed by atoms with Crippen LogP contribution in [0, 0.1) is 10.8 Å². The normalized spacial score (nSPS) is 14.3. The molecule has 2 N–H and O–H groups in total. The predicted octanol–water partition coefficient (Wildman–Crippen LogP) is 9.45. The molecule has 2 aromatic rings. The number of ether oxygens (including phenoxy) is 4. The van der Waals surface area contributed by atoms with Crippen molar-refractivity contribution in [3.63, 3.8) is 0 Å². The molecule has 0 radical (unpaired) electrons. The minimum Gasteiger partial charge on any atom is -0.498 e. The summed E-state index contributed by atoms with van der Waals surface area (Å²) in [5.41, 5.74) is 3.58. The van der Waals surface area contributed by atoms with Gasteiger partial charge in [-0.2, -0.15) is 0 Å². The van der Waals surface area contributed by atoms with E-state index in [1.165, 1.54) is 5.57 Å². The minimum absolute atomic E-state index is 0.0111. The lowest BCUT2D eigenvalue weighted by Crippen LogP contribution is -2.42. The van der Waals surface area contributed by atoms with Crippen LogP contribution in [0.25, 0.3) is 5.57 Å². The van der Waals surface area contributed by atoms with Crippen LogP contribution in [-0.4, -0.2) is 55.6 Å². The Morgan fingerprint density at radius 1 is 0.745 bits per heavy atom. The maximum Gasteiger partial charge on any atom is 0.123 e. The second-order valence-electron chi connectivity index (χ2n) is 16.5. The van der Waals surface area contributed by atoms with E-state index in [-0.39, 0.29) is 21.9 Å². The quantitative estimate of drug-likeness (QED) is 0.147. The zero-order valence-corrected chi connectivity index (χ0v) is 31.1. The fourth-order valence-corrected chi connectivity index (χ4v) is 5.08. The van der Waals surface area contributed by atoms with Gasteiger partial charge in [0.2, 0.25) is 0 Å². The molecule has 0 atom stereocenters. The van der Waals surface area contributed by atoms with Crippen LogP contribution in [0.5, 0.6) is 11.5 Å². The molecule has 0 spiro atoms. The highest BCUT2D eigenvalue weighted by Crippen LogP contribution is 2.29. The average Bonchev–Trinajstić information content (AvgIpc) is 2.99. The minimum atomic E-state index is 0.0111. The lowest BCUT2D eigenvalue weighted by Gasteiger charge is -2.32. The van der Waals surface area contributed by atoms with Gasteiger partial charge in [-0.3, -0.25) is 4.98 Å². The summed E-state index contributed by atoms with van der Waals surface area (Å²) in [6.07, 6.45) is 11.0. The van der Waals surface area contributed by atoms with Crippen LogP contribution in [0.2, 0.25) is 0 Å². The Balaban J connectivity index is 1.27. The lowest BCUT2D eigenvalue weighted by atomic mass is 9.83. The van der Waals surface area contributed by atoms with E-state index < -0.39 is 0 Å². The third-order valence-corrected chi connectivity index (χ3v) is 7.81. The summed E-state index contributed by atoms with van der Waals surface area (Å²) in [7, 11) is 0. The molecule has 7 nitrogen and oxygen atoms in total. The molecule has 0 bridgehead atoms. The van der Waals surface area contributed by atoms with Crippen LogP contribution in [0.4, 0.5) is 5.69 Å². The van der Waals surface area contributed by atoms with Crippen LogP contribution in [0.3, 0.4) is 0 Å². The second-order valence-corrected chi connectivity index (χ2v) is 16.5. The summed E-state index contributed by atoms with van der Waals surface area (Å²) in [6, 6.07) is 12.1. The van der Waals surface area contributed by atoms with Gasteiger partial charge in [0.25, 0.3) is 0 Å². The summed E-state index contributed by atoms with van der Waals surface area (Å²) in [4.78, 5) is 4.66. The van der Waals surface area contributed by atoms with Crippen molar-refractivity contribution in [1.82, 2.24) is 10.3 Å². The number of nitrogens with zero attached hydrogens (tertiary/aromatic N) is 1. The maximum atomic E-state index is 6.09. The molecule has 0 aliphatic heterocycles. The Labute approximate surface area is 285 Å². The molecule has 0 fully saturated rings. The van der Waals surface area contributed by atoms with Gasteiger partial charge in [0.1, 0.15) is 18.1 Å². The van der Waals surface area contributed by atoms with Crippen molar-refractivity contribution in [3.05, 3.63) is 66.2 Å². The molecule has 1 aromatic heterocycles. The topological polar surface area (TPSA) is 73.9 Å². The molecule has 0 saturated heterocycles. The zero-order valence-electron chi connectivity index (χ0n) is 31.1. The van der Waals surface area contributed by atoms with E-state index in [9.17, 15) is 0 Å². The highest BCUT2D eigenvalue weighted by molar-refractivity contribution is 5.66. The Kier molecular flexibility index (Phi) is 14.2. The highest BCUT2D eigenvalue weighted by atomic mass is 16.5. The number of hydrogen-bond donors (Lipinski definition) is 2. The lowest BCUT2D eigenvalue weighted by molar-refractivity contribution is 0.0420. The fourth-order valence-electron chi connectivity index (χ4n) is 5.08. The van der Waals surface area contributed by atoms with Gasteiger partial charge in [0.05, 0.1) is 43.2 Å². The van der Waals surface area contributed by atoms with E-state index in [4.69, 9.17) is 18.9 Å². The molecule has 1 heterocycles. The SMILES string of the molecule is CC(C)(C)COc1cccc(OCCNC(C)(C)CCC(C)(C)COCCCOC2=CC=C(c3ccc(NC(C)(C)C)cn3)CC2)c1. The van der Waals surface area contributed by atoms with E-state index >= 15 is 0 Å². The number of hydrogen-bond acceptors (Lipinski definition) is 7. The van der Waals surface area contributed by atoms with Crippen LogP contribution in [-0.2, 0) is 9.47 Å². The molecule has 3 rings (SSSR count). The summed E-state index contributed by atoms with van der Waals surface area (Å²) in [6.45, 7) is 26.2. The van der Waals surface area contributed by atoms with Crippen molar-refractivity contribution in [3.8, 4) is 11.5 Å². The molecule has 262 valence electrons. The number of benzene rings is 1. The summed E-state index contributed by atoms with van der Waals surface area (Å²) >= 11 is 0. The summed E-state index contributed by atoms with van der Waals surface area (Å²) in [5, 5.41) is 7.13. The molecule has 0 unspecified atom stereocenters. The third kappa shape index (κ3) is 16.1. The highest BCUT2D eigenvalue weighted by Gasteiger charge is 2.24. The van der Waals surface area contributed by atoms with Crippen LogP contribution in [0.1, 0.15) is 107 Å². The molecule has 1 aliphatic carbocycles. The number of allylic oxidation sites excluding steroid dienone is 4. The predicted molar refractivity (Wildman–Crippen MR) is 196 cm³/mol. The molecule has 0 saturated carbocycles. The Bertz CT molecular complexity index is 1280. The molecule has 0 amide bonds. The van der Waals surface area contributed by atoms with Gasteiger partial charge in [-0.1, -0.05) is 46.8 Å². The average molecular weight is 650 g/mol.